The number of hydrogen-bond donors (Lipinski definition) is 0. The maximum absolute atomic E-state index is 9.98. The molecular formula is C7H10NO. The van der Waals surface area contributed by atoms with Gasteiger partial charge < -0.3 is 0 Å². The molecule has 0 aliphatic carbocycles. The SMILES string of the molecule is C/C=C\N([C]=O)/C=C\C. The first kappa shape index (κ1) is 7.95. The Kier molecular flexibility index (Phi) is 4.50. The molecule has 0 aliphatic heterocycles. The first-order chi connectivity index (χ1) is 4.35. The summed E-state index contributed by atoms with van der Waals surface area (Å²) in [5.41, 5.74) is 0. The van der Waals surface area contributed by atoms with Crippen LogP contribution in [0.5, 0.6) is 0 Å². The van der Waals surface area contributed by atoms with Crippen LogP contribution in [0.2, 0.25) is 0 Å². The summed E-state index contributed by atoms with van der Waals surface area (Å²) in [6, 6.07) is 0. The Labute approximate surface area is 55.5 Å². The van der Waals surface area contributed by atoms with Gasteiger partial charge in [0.25, 0.3) is 0 Å². The molecule has 0 N–H and O–H groups in total. The van der Waals surface area contributed by atoms with Crippen LogP contribution >= 0.6 is 0 Å². The van der Waals surface area contributed by atoms with E-state index < -0.39 is 0 Å². The van der Waals surface area contributed by atoms with Crippen molar-refractivity contribution in [2.24, 2.45) is 0 Å². The Bertz CT molecular complexity index is 115. The summed E-state index contributed by atoms with van der Waals surface area (Å²) in [5, 5.41) is 0. The van der Waals surface area contributed by atoms with Gasteiger partial charge in [0.2, 0.25) is 0 Å². The van der Waals surface area contributed by atoms with Crippen LogP contribution in [0.1, 0.15) is 13.8 Å². The molecule has 0 aliphatic rings. The molecule has 9 heavy (non-hydrogen) atoms. The third-order valence-electron chi connectivity index (χ3n) is 0.725. The van der Waals surface area contributed by atoms with Crippen molar-refractivity contribution in [3.05, 3.63) is 24.6 Å². The van der Waals surface area contributed by atoms with Gasteiger partial charge in [-0.3, -0.25) is 9.69 Å². The van der Waals surface area contributed by atoms with Gasteiger partial charge in [-0.1, -0.05) is 12.2 Å². The van der Waals surface area contributed by atoms with Crippen LogP contribution in [0.25, 0.3) is 0 Å². The van der Waals surface area contributed by atoms with Crippen LogP contribution in [0, 0.1) is 0 Å². The van der Waals surface area contributed by atoms with E-state index in [-0.39, 0.29) is 0 Å². The highest BCUT2D eigenvalue weighted by Crippen LogP contribution is 1.85. The van der Waals surface area contributed by atoms with E-state index in [0.717, 1.165) is 0 Å². The molecule has 0 atom stereocenters. The summed E-state index contributed by atoms with van der Waals surface area (Å²) >= 11 is 0. The molecule has 0 saturated carbocycles. The number of allylic oxidation sites excluding steroid dienone is 2. The summed E-state index contributed by atoms with van der Waals surface area (Å²) in [4.78, 5) is 11.3. The zero-order chi connectivity index (χ0) is 7.11. The normalized spacial score (nSPS) is 10.9. The lowest BCUT2D eigenvalue weighted by molar-refractivity contribution is 0.512. The van der Waals surface area contributed by atoms with Crippen LogP contribution in [0.4, 0.5) is 0 Å². The number of rotatable bonds is 3. The minimum atomic E-state index is 1.32. The zero-order valence-electron chi connectivity index (χ0n) is 5.66. The molecule has 1 amide bonds. The predicted molar refractivity (Wildman–Crippen MR) is 37.2 cm³/mol. The van der Waals surface area contributed by atoms with Gasteiger partial charge in [-0.15, -0.1) is 0 Å². The summed E-state index contributed by atoms with van der Waals surface area (Å²) < 4.78 is 0. The Hall–Kier alpha value is -1.05. The van der Waals surface area contributed by atoms with Crippen molar-refractivity contribution in [1.82, 2.24) is 4.90 Å². The van der Waals surface area contributed by atoms with Gasteiger partial charge in [-0.25, -0.2) is 0 Å². The summed E-state index contributed by atoms with van der Waals surface area (Å²) in [6.45, 7) is 3.68. The highest BCUT2D eigenvalue weighted by molar-refractivity contribution is 5.51. The molecule has 0 aromatic carbocycles. The van der Waals surface area contributed by atoms with Gasteiger partial charge in [-0.2, -0.15) is 0 Å². The van der Waals surface area contributed by atoms with E-state index in [1.807, 2.05) is 13.8 Å². The van der Waals surface area contributed by atoms with Crippen LogP contribution in [-0.2, 0) is 4.79 Å². The zero-order valence-corrected chi connectivity index (χ0v) is 5.66. The van der Waals surface area contributed by atoms with Crippen molar-refractivity contribution >= 4 is 6.41 Å². The van der Waals surface area contributed by atoms with Crippen molar-refractivity contribution in [3.63, 3.8) is 0 Å². The second-order valence-electron chi connectivity index (χ2n) is 1.46. The van der Waals surface area contributed by atoms with E-state index in [1.54, 1.807) is 31.0 Å². The van der Waals surface area contributed by atoms with Crippen molar-refractivity contribution in [1.29, 1.82) is 0 Å². The molecule has 2 heteroatoms. The lowest BCUT2D eigenvalue weighted by atomic mass is 10.6. The molecule has 0 bridgehead atoms. The summed E-state index contributed by atoms with van der Waals surface area (Å²) in [7, 11) is 0. The van der Waals surface area contributed by atoms with Gasteiger partial charge in [0.15, 0.2) is 0 Å². The molecule has 0 heterocycles. The Morgan fingerprint density at radius 2 is 1.67 bits per heavy atom. The lowest BCUT2D eigenvalue weighted by Gasteiger charge is -1.99. The third-order valence-corrected chi connectivity index (χ3v) is 0.725. The van der Waals surface area contributed by atoms with E-state index >= 15 is 0 Å². The molecule has 1 radical (unpaired) electrons. The highest BCUT2D eigenvalue weighted by Gasteiger charge is 1.85. The maximum Gasteiger partial charge on any atom is 0.320 e. The molecule has 0 aromatic heterocycles. The van der Waals surface area contributed by atoms with Crippen molar-refractivity contribution < 1.29 is 4.79 Å². The smallest absolute Gasteiger partial charge is 0.287 e. The Morgan fingerprint density at radius 1 is 1.22 bits per heavy atom. The minimum absolute atomic E-state index is 1.32. The van der Waals surface area contributed by atoms with Gasteiger partial charge in [0.1, 0.15) is 0 Å². The van der Waals surface area contributed by atoms with Crippen molar-refractivity contribution in [2.45, 2.75) is 13.8 Å². The third kappa shape index (κ3) is 3.53. The molecule has 0 unspecified atom stereocenters. The standard InChI is InChI=1S/C7H10NO/c1-3-5-8(7-9)6-4-2/h3-6H,1-2H3/b5-3-,6-4-. The molecule has 0 rings (SSSR count). The number of nitrogens with zero attached hydrogens (tertiary/aromatic N) is 1. The molecule has 0 aromatic rings. The van der Waals surface area contributed by atoms with Gasteiger partial charge in [0.05, 0.1) is 0 Å². The fraction of sp³-hybridized carbons (Fsp3) is 0.286. The van der Waals surface area contributed by atoms with E-state index in [0.29, 0.717) is 0 Å². The van der Waals surface area contributed by atoms with E-state index in [1.165, 1.54) is 4.90 Å². The number of amides is 1. The van der Waals surface area contributed by atoms with Crippen molar-refractivity contribution in [3.8, 4) is 0 Å². The molecule has 0 saturated heterocycles. The fourth-order valence-electron chi connectivity index (χ4n) is 0.432. The molecular weight excluding hydrogens is 114 g/mol. The lowest BCUT2D eigenvalue weighted by Crippen LogP contribution is -2.04. The minimum Gasteiger partial charge on any atom is -0.287 e. The molecule has 0 fully saturated rings. The first-order valence-corrected chi connectivity index (χ1v) is 2.77. The predicted octanol–water partition coefficient (Wildman–Crippen LogP) is 1.42. The quantitative estimate of drug-likeness (QED) is 0.521. The monoisotopic (exact) mass is 124 g/mol. The topological polar surface area (TPSA) is 20.3 Å². The van der Waals surface area contributed by atoms with Crippen LogP contribution < -0.4 is 0 Å². The summed E-state index contributed by atoms with van der Waals surface area (Å²) in [6.07, 6.45) is 8.52. The largest absolute Gasteiger partial charge is 0.320 e. The second-order valence-corrected chi connectivity index (χ2v) is 1.46. The number of carbonyl (C=O) groups excluding carboxylic acids is 1. The Balaban J connectivity index is 3.82. The first-order valence-electron chi connectivity index (χ1n) is 2.77. The van der Waals surface area contributed by atoms with E-state index in [2.05, 4.69) is 0 Å². The Morgan fingerprint density at radius 3 is 1.89 bits per heavy atom. The fourth-order valence-corrected chi connectivity index (χ4v) is 0.432. The van der Waals surface area contributed by atoms with Crippen LogP contribution in [0.15, 0.2) is 24.6 Å². The summed E-state index contributed by atoms with van der Waals surface area (Å²) in [5.74, 6) is 0. The molecule has 0 spiro atoms. The highest BCUT2D eigenvalue weighted by atomic mass is 16.1. The van der Waals surface area contributed by atoms with Gasteiger partial charge in [-0.05, 0) is 13.8 Å². The molecule has 2 nitrogen and oxygen atoms in total. The van der Waals surface area contributed by atoms with Crippen LogP contribution in [0.3, 0.4) is 0 Å². The van der Waals surface area contributed by atoms with E-state index in [4.69, 9.17) is 0 Å². The van der Waals surface area contributed by atoms with E-state index in [9.17, 15) is 4.79 Å². The van der Waals surface area contributed by atoms with Crippen LogP contribution in [-0.4, -0.2) is 11.3 Å². The van der Waals surface area contributed by atoms with Gasteiger partial charge in [0, 0.05) is 12.4 Å². The van der Waals surface area contributed by atoms with Gasteiger partial charge >= 0.3 is 6.41 Å². The number of hydrogen-bond acceptors (Lipinski definition) is 1. The second kappa shape index (κ2) is 5.09. The maximum atomic E-state index is 9.98. The van der Waals surface area contributed by atoms with Crippen molar-refractivity contribution in [2.75, 3.05) is 0 Å². The average Bonchev–Trinajstić information content (AvgIpc) is 1.88. The molecule has 49 valence electrons. The average molecular weight is 124 g/mol.